The van der Waals surface area contributed by atoms with Crippen LogP contribution in [-0.4, -0.2) is 10.2 Å². The Bertz CT molecular complexity index is 538. The SMILES string of the molecule is Cc1[nH]ncc1CNc1cc(F)c(Cl)cc1N. The summed E-state index contributed by atoms with van der Waals surface area (Å²) >= 11 is 5.61. The molecule has 0 spiro atoms. The van der Waals surface area contributed by atoms with E-state index in [0.717, 1.165) is 11.3 Å². The van der Waals surface area contributed by atoms with Crippen molar-refractivity contribution in [3.63, 3.8) is 0 Å². The molecule has 0 atom stereocenters. The number of aryl methyl sites for hydroxylation is 1. The van der Waals surface area contributed by atoms with Gasteiger partial charge in [0.2, 0.25) is 0 Å². The smallest absolute Gasteiger partial charge is 0.143 e. The molecular weight excluding hydrogens is 243 g/mol. The summed E-state index contributed by atoms with van der Waals surface area (Å²) in [6.45, 7) is 2.43. The van der Waals surface area contributed by atoms with Gasteiger partial charge < -0.3 is 11.1 Å². The molecule has 4 N–H and O–H groups in total. The van der Waals surface area contributed by atoms with E-state index in [1.54, 1.807) is 6.20 Å². The van der Waals surface area contributed by atoms with E-state index in [9.17, 15) is 4.39 Å². The first kappa shape index (κ1) is 11.7. The molecule has 0 saturated heterocycles. The van der Waals surface area contributed by atoms with Crippen LogP contribution in [0, 0.1) is 12.7 Å². The second kappa shape index (κ2) is 4.63. The van der Waals surface area contributed by atoms with Crippen LogP contribution in [0.5, 0.6) is 0 Å². The fourth-order valence-electron chi connectivity index (χ4n) is 1.46. The van der Waals surface area contributed by atoms with Crippen LogP contribution in [-0.2, 0) is 6.54 Å². The minimum atomic E-state index is -0.493. The van der Waals surface area contributed by atoms with Gasteiger partial charge in [0, 0.05) is 23.9 Å². The Labute approximate surface area is 103 Å². The molecule has 17 heavy (non-hydrogen) atoms. The lowest BCUT2D eigenvalue weighted by atomic mass is 10.2. The summed E-state index contributed by atoms with van der Waals surface area (Å²) in [5, 5.41) is 9.78. The number of anilines is 2. The lowest BCUT2D eigenvalue weighted by Gasteiger charge is -2.09. The van der Waals surface area contributed by atoms with Gasteiger partial charge in [-0.05, 0) is 13.0 Å². The van der Waals surface area contributed by atoms with E-state index in [-0.39, 0.29) is 5.02 Å². The van der Waals surface area contributed by atoms with Crippen molar-refractivity contribution in [2.24, 2.45) is 0 Å². The third-order valence-corrected chi connectivity index (χ3v) is 2.79. The highest BCUT2D eigenvalue weighted by molar-refractivity contribution is 6.31. The van der Waals surface area contributed by atoms with E-state index in [4.69, 9.17) is 17.3 Å². The Morgan fingerprint density at radius 3 is 2.94 bits per heavy atom. The first-order valence-corrected chi connectivity index (χ1v) is 5.43. The quantitative estimate of drug-likeness (QED) is 0.738. The third-order valence-electron chi connectivity index (χ3n) is 2.50. The molecule has 1 heterocycles. The monoisotopic (exact) mass is 254 g/mol. The molecule has 0 saturated carbocycles. The molecule has 2 rings (SSSR count). The molecule has 2 aromatic rings. The van der Waals surface area contributed by atoms with E-state index in [0.29, 0.717) is 17.9 Å². The zero-order chi connectivity index (χ0) is 12.4. The minimum absolute atomic E-state index is 0.0209. The Morgan fingerprint density at radius 1 is 1.53 bits per heavy atom. The van der Waals surface area contributed by atoms with E-state index in [1.807, 2.05) is 6.92 Å². The molecule has 6 heteroatoms. The van der Waals surface area contributed by atoms with Crippen LogP contribution in [0.3, 0.4) is 0 Å². The highest BCUT2D eigenvalue weighted by atomic mass is 35.5. The maximum absolute atomic E-state index is 13.3. The van der Waals surface area contributed by atoms with Crippen molar-refractivity contribution >= 4 is 23.0 Å². The Balaban J connectivity index is 2.14. The normalized spacial score (nSPS) is 10.5. The van der Waals surface area contributed by atoms with E-state index in [1.165, 1.54) is 12.1 Å². The summed E-state index contributed by atoms with van der Waals surface area (Å²) < 4.78 is 13.3. The van der Waals surface area contributed by atoms with Crippen LogP contribution in [0.1, 0.15) is 11.3 Å². The van der Waals surface area contributed by atoms with Crippen LogP contribution in [0.4, 0.5) is 15.8 Å². The first-order valence-electron chi connectivity index (χ1n) is 5.05. The molecule has 1 aromatic heterocycles. The summed E-state index contributed by atoms with van der Waals surface area (Å²) in [5.41, 5.74) is 8.63. The zero-order valence-corrected chi connectivity index (χ0v) is 9.98. The molecule has 0 radical (unpaired) electrons. The Hall–Kier alpha value is -1.75. The Kier molecular flexibility index (Phi) is 3.19. The number of rotatable bonds is 3. The number of aromatic amines is 1. The molecule has 0 fully saturated rings. The average Bonchev–Trinajstić information content (AvgIpc) is 2.68. The van der Waals surface area contributed by atoms with Gasteiger partial charge >= 0.3 is 0 Å². The summed E-state index contributed by atoms with van der Waals surface area (Å²) in [7, 11) is 0. The predicted octanol–water partition coefficient (Wildman–Crippen LogP) is 2.70. The van der Waals surface area contributed by atoms with Gasteiger partial charge in [-0.1, -0.05) is 11.6 Å². The molecule has 0 amide bonds. The fraction of sp³-hybridized carbons (Fsp3) is 0.182. The number of H-pyrrole nitrogens is 1. The number of halogens is 2. The molecule has 4 nitrogen and oxygen atoms in total. The van der Waals surface area contributed by atoms with Crippen LogP contribution < -0.4 is 11.1 Å². The molecule has 0 aliphatic heterocycles. The van der Waals surface area contributed by atoms with Gasteiger partial charge in [0.05, 0.1) is 22.6 Å². The van der Waals surface area contributed by atoms with Crippen molar-refractivity contribution in [1.82, 2.24) is 10.2 Å². The van der Waals surface area contributed by atoms with Gasteiger partial charge in [-0.2, -0.15) is 5.10 Å². The molecule has 0 aliphatic carbocycles. The number of nitrogen functional groups attached to an aromatic ring is 1. The van der Waals surface area contributed by atoms with Gasteiger partial charge in [0.15, 0.2) is 0 Å². The van der Waals surface area contributed by atoms with E-state index in [2.05, 4.69) is 15.5 Å². The zero-order valence-electron chi connectivity index (χ0n) is 9.22. The van der Waals surface area contributed by atoms with E-state index < -0.39 is 5.82 Å². The lowest BCUT2D eigenvalue weighted by molar-refractivity contribution is 0.629. The summed E-state index contributed by atoms with van der Waals surface area (Å²) in [5.74, 6) is -0.493. The van der Waals surface area contributed by atoms with Crippen molar-refractivity contribution in [3.05, 3.63) is 40.4 Å². The van der Waals surface area contributed by atoms with Gasteiger partial charge in [-0.15, -0.1) is 0 Å². The van der Waals surface area contributed by atoms with Crippen molar-refractivity contribution in [1.29, 1.82) is 0 Å². The largest absolute Gasteiger partial charge is 0.397 e. The van der Waals surface area contributed by atoms with Crippen LogP contribution >= 0.6 is 11.6 Å². The van der Waals surface area contributed by atoms with Crippen LogP contribution in [0.15, 0.2) is 18.3 Å². The highest BCUT2D eigenvalue weighted by Gasteiger charge is 2.07. The van der Waals surface area contributed by atoms with Gasteiger partial charge in [-0.25, -0.2) is 4.39 Å². The second-order valence-electron chi connectivity index (χ2n) is 3.73. The van der Waals surface area contributed by atoms with Gasteiger partial charge in [-0.3, -0.25) is 5.10 Å². The predicted molar refractivity (Wildman–Crippen MR) is 66.5 cm³/mol. The summed E-state index contributed by atoms with van der Waals surface area (Å²) in [4.78, 5) is 0. The van der Waals surface area contributed by atoms with Crippen molar-refractivity contribution in [2.45, 2.75) is 13.5 Å². The average molecular weight is 255 g/mol. The number of hydrogen-bond acceptors (Lipinski definition) is 3. The molecule has 0 aliphatic rings. The molecule has 0 unspecified atom stereocenters. The van der Waals surface area contributed by atoms with Crippen molar-refractivity contribution in [3.8, 4) is 0 Å². The van der Waals surface area contributed by atoms with E-state index >= 15 is 0 Å². The molecule has 1 aromatic carbocycles. The topological polar surface area (TPSA) is 66.7 Å². The van der Waals surface area contributed by atoms with Crippen molar-refractivity contribution in [2.75, 3.05) is 11.1 Å². The lowest BCUT2D eigenvalue weighted by Crippen LogP contribution is -2.03. The number of hydrogen-bond donors (Lipinski definition) is 3. The number of benzene rings is 1. The maximum Gasteiger partial charge on any atom is 0.143 e. The van der Waals surface area contributed by atoms with Crippen LogP contribution in [0.25, 0.3) is 0 Å². The summed E-state index contributed by atoms with van der Waals surface area (Å²) in [6, 6.07) is 2.68. The van der Waals surface area contributed by atoms with Gasteiger partial charge in [0.1, 0.15) is 5.82 Å². The number of aromatic nitrogens is 2. The number of nitrogens with one attached hydrogen (secondary N) is 2. The second-order valence-corrected chi connectivity index (χ2v) is 4.13. The fourth-order valence-corrected chi connectivity index (χ4v) is 1.63. The van der Waals surface area contributed by atoms with Crippen LogP contribution in [0.2, 0.25) is 5.02 Å². The third kappa shape index (κ3) is 2.50. The summed E-state index contributed by atoms with van der Waals surface area (Å²) in [6.07, 6.45) is 1.71. The number of nitrogens with zero attached hydrogens (tertiary/aromatic N) is 1. The first-order chi connectivity index (χ1) is 8.08. The minimum Gasteiger partial charge on any atom is -0.397 e. The highest BCUT2D eigenvalue weighted by Crippen LogP contribution is 2.26. The standard InChI is InChI=1S/C11H12ClFN4/c1-6-7(5-16-17-6)4-15-11-3-9(13)8(12)2-10(11)14/h2-3,5,15H,4,14H2,1H3,(H,16,17). The van der Waals surface area contributed by atoms with Gasteiger partial charge in [0.25, 0.3) is 0 Å². The molecular formula is C11H12ClFN4. The molecule has 0 bridgehead atoms. The van der Waals surface area contributed by atoms with Crippen molar-refractivity contribution < 1.29 is 4.39 Å². The molecule has 90 valence electrons. The Morgan fingerprint density at radius 2 is 2.29 bits per heavy atom. The maximum atomic E-state index is 13.3. The number of nitrogens with two attached hydrogens (primary N) is 1.